The number of nitrogens with two attached hydrogens (primary N) is 1. The quantitative estimate of drug-likeness (QED) is 0.609. The maximum atomic E-state index is 12.2. The minimum Gasteiger partial charge on any atom is -0.324 e. The van der Waals surface area contributed by atoms with Crippen LogP contribution in [0.3, 0.4) is 0 Å². The molecule has 3 N–H and O–H groups in total. The van der Waals surface area contributed by atoms with E-state index < -0.39 is 25.5 Å². The van der Waals surface area contributed by atoms with Gasteiger partial charge in [-0.1, -0.05) is 12.1 Å². The van der Waals surface area contributed by atoms with Crippen molar-refractivity contribution in [2.45, 2.75) is 11.4 Å². The maximum absolute atomic E-state index is 12.2. The first-order valence-electron chi connectivity index (χ1n) is 5.72. The minimum atomic E-state index is -4.14. The fourth-order valence-electron chi connectivity index (χ4n) is 1.58. The SMILES string of the molecule is NCc1nccc(NS(=O)(=O)c2ccccc2[N+](=O)[O-])n1. The molecule has 0 aliphatic heterocycles. The lowest BCUT2D eigenvalue weighted by Gasteiger charge is -2.08. The van der Waals surface area contributed by atoms with Crippen LogP contribution in [0.1, 0.15) is 5.82 Å². The van der Waals surface area contributed by atoms with E-state index in [9.17, 15) is 18.5 Å². The van der Waals surface area contributed by atoms with Crippen LogP contribution in [0.2, 0.25) is 0 Å². The molecule has 0 atom stereocenters. The van der Waals surface area contributed by atoms with Crippen LogP contribution < -0.4 is 10.5 Å². The van der Waals surface area contributed by atoms with Gasteiger partial charge in [-0.2, -0.15) is 0 Å². The molecule has 1 aromatic carbocycles. The zero-order valence-electron chi connectivity index (χ0n) is 10.6. The Morgan fingerprint density at radius 1 is 1.29 bits per heavy atom. The van der Waals surface area contributed by atoms with Crippen molar-refractivity contribution in [3.05, 3.63) is 52.5 Å². The van der Waals surface area contributed by atoms with Gasteiger partial charge >= 0.3 is 0 Å². The van der Waals surface area contributed by atoms with Gasteiger partial charge in [-0.15, -0.1) is 0 Å². The molecule has 0 saturated heterocycles. The van der Waals surface area contributed by atoms with Crippen LogP contribution in [0.25, 0.3) is 0 Å². The van der Waals surface area contributed by atoms with Crippen LogP contribution in [-0.2, 0) is 16.6 Å². The first kappa shape index (κ1) is 14.8. The summed E-state index contributed by atoms with van der Waals surface area (Å²) in [6.45, 7) is 0.0427. The van der Waals surface area contributed by atoms with Gasteiger partial charge < -0.3 is 5.73 Å². The van der Waals surface area contributed by atoms with Gasteiger partial charge in [0.15, 0.2) is 4.90 Å². The lowest BCUT2D eigenvalue weighted by molar-refractivity contribution is -0.387. The number of nitrogens with one attached hydrogen (secondary N) is 1. The number of aromatic nitrogens is 2. The standard InChI is InChI=1S/C11H11N5O4S/c12-7-11-13-6-5-10(14-11)15-21(19,20)9-4-2-1-3-8(9)16(17)18/h1-6H,7,12H2,(H,13,14,15). The summed E-state index contributed by atoms with van der Waals surface area (Å²) in [5, 5.41) is 10.9. The summed E-state index contributed by atoms with van der Waals surface area (Å²) in [6.07, 6.45) is 1.34. The fourth-order valence-corrected chi connectivity index (χ4v) is 2.76. The first-order valence-corrected chi connectivity index (χ1v) is 7.20. The second kappa shape index (κ2) is 5.81. The monoisotopic (exact) mass is 309 g/mol. The molecule has 0 bridgehead atoms. The highest BCUT2D eigenvalue weighted by Crippen LogP contribution is 2.24. The summed E-state index contributed by atoms with van der Waals surface area (Å²) >= 11 is 0. The molecule has 2 rings (SSSR count). The van der Waals surface area contributed by atoms with Gasteiger partial charge in [-0.05, 0) is 12.1 Å². The highest BCUT2D eigenvalue weighted by Gasteiger charge is 2.25. The van der Waals surface area contributed by atoms with Crippen molar-refractivity contribution in [3.8, 4) is 0 Å². The predicted molar refractivity (Wildman–Crippen MR) is 73.8 cm³/mol. The van der Waals surface area contributed by atoms with Crippen molar-refractivity contribution in [1.82, 2.24) is 9.97 Å². The van der Waals surface area contributed by atoms with Crippen LogP contribution in [0, 0.1) is 10.1 Å². The van der Waals surface area contributed by atoms with E-state index in [1.165, 1.54) is 24.4 Å². The number of benzene rings is 1. The van der Waals surface area contributed by atoms with Gasteiger partial charge in [-0.25, -0.2) is 18.4 Å². The smallest absolute Gasteiger partial charge is 0.289 e. The molecular formula is C11H11N5O4S. The second-order valence-corrected chi connectivity index (χ2v) is 5.54. The van der Waals surface area contributed by atoms with Gasteiger partial charge in [0.25, 0.3) is 15.7 Å². The van der Waals surface area contributed by atoms with E-state index >= 15 is 0 Å². The fraction of sp³-hybridized carbons (Fsp3) is 0.0909. The van der Waals surface area contributed by atoms with E-state index in [1.54, 1.807) is 0 Å². The summed E-state index contributed by atoms with van der Waals surface area (Å²) in [5.74, 6) is 0.237. The Bertz CT molecular complexity index is 778. The van der Waals surface area contributed by atoms with E-state index in [-0.39, 0.29) is 18.2 Å². The third kappa shape index (κ3) is 3.30. The molecule has 1 aromatic heterocycles. The maximum Gasteiger partial charge on any atom is 0.289 e. The molecule has 110 valence electrons. The van der Waals surface area contributed by atoms with Gasteiger partial charge in [0, 0.05) is 12.3 Å². The minimum absolute atomic E-state index is 0.0106. The number of nitrogens with zero attached hydrogens (tertiary/aromatic N) is 3. The van der Waals surface area contributed by atoms with Crippen LogP contribution in [0.5, 0.6) is 0 Å². The Morgan fingerprint density at radius 2 is 2.00 bits per heavy atom. The lowest BCUT2D eigenvalue weighted by Crippen LogP contribution is -2.16. The zero-order chi connectivity index (χ0) is 15.5. The summed E-state index contributed by atoms with van der Waals surface area (Å²) in [5.41, 5.74) is 4.85. The molecule has 1 heterocycles. The van der Waals surface area contributed by atoms with E-state index in [0.717, 1.165) is 12.1 Å². The number of hydrogen-bond acceptors (Lipinski definition) is 7. The lowest BCUT2D eigenvalue weighted by atomic mass is 10.3. The highest BCUT2D eigenvalue weighted by atomic mass is 32.2. The summed E-state index contributed by atoms with van der Waals surface area (Å²) in [7, 11) is -4.14. The highest BCUT2D eigenvalue weighted by molar-refractivity contribution is 7.92. The van der Waals surface area contributed by atoms with Crippen molar-refractivity contribution in [3.63, 3.8) is 0 Å². The molecule has 0 amide bonds. The Labute approximate surface area is 120 Å². The number of para-hydroxylation sites is 1. The van der Waals surface area contributed by atoms with Gasteiger partial charge in [-0.3, -0.25) is 14.8 Å². The Morgan fingerprint density at radius 3 is 2.67 bits per heavy atom. The topological polar surface area (TPSA) is 141 Å². The number of hydrogen-bond donors (Lipinski definition) is 2. The number of sulfonamides is 1. The molecule has 0 aliphatic rings. The predicted octanol–water partition coefficient (Wildman–Crippen LogP) is 0.644. The number of anilines is 1. The molecule has 0 aliphatic carbocycles. The van der Waals surface area contributed by atoms with Crippen LogP contribution in [-0.4, -0.2) is 23.3 Å². The largest absolute Gasteiger partial charge is 0.324 e. The molecule has 0 unspecified atom stereocenters. The molecular weight excluding hydrogens is 298 g/mol. The third-order valence-electron chi connectivity index (χ3n) is 2.48. The van der Waals surface area contributed by atoms with Gasteiger partial charge in [0.2, 0.25) is 0 Å². The van der Waals surface area contributed by atoms with Crippen molar-refractivity contribution < 1.29 is 13.3 Å². The summed E-state index contributed by atoms with van der Waals surface area (Å²) < 4.78 is 26.6. The summed E-state index contributed by atoms with van der Waals surface area (Å²) in [4.78, 5) is 17.4. The second-order valence-electron chi connectivity index (χ2n) is 3.89. The van der Waals surface area contributed by atoms with Crippen molar-refractivity contribution >= 4 is 21.5 Å². The number of nitro benzene ring substituents is 1. The van der Waals surface area contributed by atoms with E-state index in [2.05, 4.69) is 14.7 Å². The normalized spacial score (nSPS) is 11.1. The Kier molecular flexibility index (Phi) is 4.10. The molecule has 21 heavy (non-hydrogen) atoms. The number of nitro groups is 1. The molecule has 0 fully saturated rings. The van der Waals surface area contributed by atoms with Gasteiger partial charge in [0.1, 0.15) is 11.6 Å². The van der Waals surface area contributed by atoms with Crippen LogP contribution in [0.4, 0.5) is 11.5 Å². The van der Waals surface area contributed by atoms with Crippen molar-refractivity contribution in [1.29, 1.82) is 0 Å². The zero-order valence-corrected chi connectivity index (χ0v) is 11.4. The van der Waals surface area contributed by atoms with Crippen LogP contribution >= 0.6 is 0 Å². The van der Waals surface area contributed by atoms with Gasteiger partial charge in [0.05, 0.1) is 11.5 Å². The average Bonchev–Trinajstić information content (AvgIpc) is 2.47. The van der Waals surface area contributed by atoms with E-state index in [1.807, 2.05) is 0 Å². The third-order valence-corrected chi connectivity index (χ3v) is 3.88. The average molecular weight is 309 g/mol. The molecule has 9 nitrogen and oxygen atoms in total. The van der Waals surface area contributed by atoms with Crippen LogP contribution in [0.15, 0.2) is 41.4 Å². The van der Waals surface area contributed by atoms with E-state index in [4.69, 9.17) is 5.73 Å². The van der Waals surface area contributed by atoms with E-state index in [0.29, 0.717) is 0 Å². The Balaban J connectivity index is 2.41. The number of rotatable bonds is 5. The molecule has 0 saturated carbocycles. The summed E-state index contributed by atoms with van der Waals surface area (Å²) in [6, 6.07) is 6.36. The Hall–Kier alpha value is -2.59. The molecule has 0 radical (unpaired) electrons. The first-order chi connectivity index (χ1) is 9.94. The van der Waals surface area contributed by atoms with Crippen molar-refractivity contribution in [2.24, 2.45) is 5.73 Å². The molecule has 0 spiro atoms. The molecule has 2 aromatic rings. The molecule has 10 heteroatoms. The van der Waals surface area contributed by atoms with Crippen molar-refractivity contribution in [2.75, 3.05) is 4.72 Å².